The maximum absolute atomic E-state index is 4.28. The number of hydrogen-bond acceptors (Lipinski definition) is 3. The molecule has 1 aromatic heterocycles. The van der Waals surface area contributed by atoms with E-state index in [0.29, 0.717) is 6.04 Å². The molecule has 4 heteroatoms. The van der Waals surface area contributed by atoms with Crippen LogP contribution in [-0.4, -0.2) is 40.4 Å². The highest BCUT2D eigenvalue weighted by Crippen LogP contribution is 2.10. The molecule has 1 fully saturated rings. The molecule has 15 heavy (non-hydrogen) atoms. The van der Waals surface area contributed by atoms with Gasteiger partial charge in [0.2, 0.25) is 0 Å². The van der Waals surface area contributed by atoms with Gasteiger partial charge < -0.3 is 5.32 Å². The van der Waals surface area contributed by atoms with Crippen LogP contribution >= 0.6 is 0 Å². The number of aromatic nitrogens is 2. The Balaban J connectivity index is 1.99. The standard InChI is InChI=1S/C11H20N4/c1-9-7-15(5-4-12-9)8-11-6-13-14(3)10(11)2/h6,9,12H,4-5,7-8H2,1-3H3/t9-/m1/s1. The predicted molar refractivity (Wildman–Crippen MR) is 60.7 cm³/mol. The molecule has 1 aliphatic rings. The smallest absolute Gasteiger partial charge is 0.0537 e. The van der Waals surface area contributed by atoms with Crippen LogP contribution in [0.5, 0.6) is 0 Å². The van der Waals surface area contributed by atoms with Crippen molar-refractivity contribution in [1.29, 1.82) is 0 Å². The average molecular weight is 208 g/mol. The van der Waals surface area contributed by atoms with E-state index in [9.17, 15) is 0 Å². The van der Waals surface area contributed by atoms with Gasteiger partial charge in [0, 0.05) is 50.5 Å². The first kappa shape index (κ1) is 10.6. The molecule has 2 rings (SSSR count). The summed E-state index contributed by atoms with van der Waals surface area (Å²) in [4.78, 5) is 2.49. The Kier molecular flexibility index (Phi) is 3.07. The number of aryl methyl sites for hydroxylation is 1. The van der Waals surface area contributed by atoms with E-state index in [-0.39, 0.29) is 0 Å². The van der Waals surface area contributed by atoms with Crippen molar-refractivity contribution in [3.63, 3.8) is 0 Å². The molecule has 0 aliphatic carbocycles. The topological polar surface area (TPSA) is 33.1 Å². The second-order valence-electron chi connectivity index (χ2n) is 4.47. The zero-order chi connectivity index (χ0) is 10.8. The van der Waals surface area contributed by atoms with Crippen LogP contribution in [0, 0.1) is 6.92 Å². The van der Waals surface area contributed by atoms with E-state index < -0.39 is 0 Å². The van der Waals surface area contributed by atoms with Gasteiger partial charge in [0.15, 0.2) is 0 Å². The number of hydrogen-bond donors (Lipinski definition) is 1. The summed E-state index contributed by atoms with van der Waals surface area (Å²) in [6.07, 6.45) is 1.99. The lowest BCUT2D eigenvalue weighted by atomic mass is 10.2. The van der Waals surface area contributed by atoms with Gasteiger partial charge in [-0.2, -0.15) is 5.10 Å². The van der Waals surface area contributed by atoms with Crippen molar-refractivity contribution in [2.75, 3.05) is 19.6 Å². The molecule has 0 radical (unpaired) electrons. The molecule has 0 spiro atoms. The Morgan fingerprint density at radius 3 is 3.00 bits per heavy atom. The number of nitrogens with one attached hydrogen (secondary N) is 1. The molecule has 84 valence electrons. The molecule has 0 amide bonds. The van der Waals surface area contributed by atoms with Crippen LogP contribution in [0.3, 0.4) is 0 Å². The van der Waals surface area contributed by atoms with Crippen molar-refractivity contribution in [1.82, 2.24) is 20.0 Å². The Labute approximate surface area is 91.3 Å². The van der Waals surface area contributed by atoms with Gasteiger partial charge in [0.1, 0.15) is 0 Å². The summed E-state index contributed by atoms with van der Waals surface area (Å²) in [7, 11) is 2.00. The first-order valence-electron chi connectivity index (χ1n) is 5.60. The van der Waals surface area contributed by atoms with Crippen LogP contribution in [0.1, 0.15) is 18.2 Å². The van der Waals surface area contributed by atoms with Gasteiger partial charge in [-0.15, -0.1) is 0 Å². The number of nitrogens with zero attached hydrogens (tertiary/aromatic N) is 3. The summed E-state index contributed by atoms with van der Waals surface area (Å²) < 4.78 is 1.95. The Morgan fingerprint density at radius 2 is 2.40 bits per heavy atom. The maximum Gasteiger partial charge on any atom is 0.0537 e. The Morgan fingerprint density at radius 1 is 1.60 bits per heavy atom. The van der Waals surface area contributed by atoms with E-state index in [4.69, 9.17) is 0 Å². The van der Waals surface area contributed by atoms with Crippen LogP contribution in [0.2, 0.25) is 0 Å². The highest BCUT2D eigenvalue weighted by atomic mass is 15.3. The SMILES string of the molecule is Cc1c(CN2CCN[C@H](C)C2)cnn1C. The fourth-order valence-corrected chi connectivity index (χ4v) is 2.10. The summed E-state index contributed by atoms with van der Waals surface area (Å²) in [6, 6.07) is 0.607. The van der Waals surface area contributed by atoms with Crippen LogP contribution in [0.4, 0.5) is 0 Å². The van der Waals surface area contributed by atoms with Crippen molar-refractivity contribution < 1.29 is 0 Å². The molecule has 2 heterocycles. The van der Waals surface area contributed by atoms with Gasteiger partial charge in [-0.1, -0.05) is 0 Å². The van der Waals surface area contributed by atoms with Crippen LogP contribution in [0.25, 0.3) is 0 Å². The Hall–Kier alpha value is -0.870. The molecule has 1 aromatic rings. The van der Waals surface area contributed by atoms with Crippen LogP contribution in [0.15, 0.2) is 6.20 Å². The number of piperazine rings is 1. The maximum atomic E-state index is 4.28. The van der Waals surface area contributed by atoms with E-state index in [2.05, 4.69) is 29.2 Å². The highest BCUT2D eigenvalue weighted by molar-refractivity contribution is 5.15. The second kappa shape index (κ2) is 4.33. The predicted octanol–water partition coefficient (Wildman–Crippen LogP) is 0.522. The van der Waals surface area contributed by atoms with Gasteiger partial charge in [0.25, 0.3) is 0 Å². The molecule has 1 atom stereocenters. The Bertz CT molecular complexity index is 331. The van der Waals surface area contributed by atoms with Gasteiger partial charge in [-0.3, -0.25) is 9.58 Å². The summed E-state index contributed by atoms with van der Waals surface area (Å²) in [5, 5.41) is 7.73. The van der Waals surface area contributed by atoms with Crippen LogP contribution < -0.4 is 5.32 Å². The van der Waals surface area contributed by atoms with E-state index in [1.807, 2.05) is 17.9 Å². The summed E-state index contributed by atoms with van der Waals surface area (Å²) in [6.45, 7) is 8.77. The molecule has 4 nitrogen and oxygen atoms in total. The van der Waals surface area contributed by atoms with Crippen molar-refractivity contribution in [3.05, 3.63) is 17.5 Å². The van der Waals surface area contributed by atoms with Crippen molar-refractivity contribution in [3.8, 4) is 0 Å². The minimum atomic E-state index is 0.607. The third-order valence-corrected chi connectivity index (χ3v) is 3.18. The van der Waals surface area contributed by atoms with Crippen molar-refractivity contribution in [2.45, 2.75) is 26.4 Å². The zero-order valence-electron chi connectivity index (χ0n) is 9.82. The van der Waals surface area contributed by atoms with Gasteiger partial charge in [0.05, 0.1) is 6.20 Å². The molecular formula is C11H20N4. The van der Waals surface area contributed by atoms with E-state index in [1.54, 1.807) is 0 Å². The summed E-state index contributed by atoms with van der Waals surface area (Å²) in [5.41, 5.74) is 2.63. The highest BCUT2D eigenvalue weighted by Gasteiger charge is 2.16. The lowest BCUT2D eigenvalue weighted by Crippen LogP contribution is -2.48. The fourth-order valence-electron chi connectivity index (χ4n) is 2.10. The largest absolute Gasteiger partial charge is 0.312 e. The molecule has 1 saturated heterocycles. The molecule has 1 aliphatic heterocycles. The van der Waals surface area contributed by atoms with E-state index in [1.165, 1.54) is 11.3 Å². The first-order chi connectivity index (χ1) is 7.16. The zero-order valence-corrected chi connectivity index (χ0v) is 9.82. The van der Waals surface area contributed by atoms with Crippen molar-refractivity contribution in [2.24, 2.45) is 7.05 Å². The number of rotatable bonds is 2. The fraction of sp³-hybridized carbons (Fsp3) is 0.727. The molecule has 0 aromatic carbocycles. The minimum Gasteiger partial charge on any atom is -0.312 e. The lowest BCUT2D eigenvalue weighted by Gasteiger charge is -2.31. The molecule has 1 N–H and O–H groups in total. The lowest BCUT2D eigenvalue weighted by molar-refractivity contribution is 0.199. The van der Waals surface area contributed by atoms with Gasteiger partial charge in [-0.05, 0) is 13.8 Å². The van der Waals surface area contributed by atoms with Crippen LogP contribution in [-0.2, 0) is 13.6 Å². The first-order valence-corrected chi connectivity index (χ1v) is 5.60. The average Bonchev–Trinajstić information content (AvgIpc) is 2.50. The molecule has 0 saturated carbocycles. The molecule has 0 unspecified atom stereocenters. The third kappa shape index (κ3) is 2.38. The third-order valence-electron chi connectivity index (χ3n) is 3.18. The monoisotopic (exact) mass is 208 g/mol. The van der Waals surface area contributed by atoms with Crippen molar-refractivity contribution >= 4 is 0 Å². The van der Waals surface area contributed by atoms with Gasteiger partial charge >= 0.3 is 0 Å². The van der Waals surface area contributed by atoms with E-state index >= 15 is 0 Å². The second-order valence-corrected chi connectivity index (χ2v) is 4.47. The normalized spacial score (nSPS) is 23.3. The quantitative estimate of drug-likeness (QED) is 0.769. The minimum absolute atomic E-state index is 0.607. The molecular weight excluding hydrogens is 188 g/mol. The summed E-state index contributed by atoms with van der Waals surface area (Å²) >= 11 is 0. The van der Waals surface area contributed by atoms with E-state index in [0.717, 1.165) is 26.2 Å². The molecule has 0 bridgehead atoms. The summed E-state index contributed by atoms with van der Waals surface area (Å²) in [5.74, 6) is 0. The van der Waals surface area contributed by atoms with Gasteiger partial charge in [-0.25, -0.2) is 0 Å².